The number of alkyl carbamates (subject to hydrolysis) is 1. The van der Waals surface area contributed by atoms with Gasteiger partial charge in [-0.15, -0.1) is 0 Å². The molecule has 0 aromatic heterocycles. The van der Waals surface area contributed by atoms with Crippen LogP contribution in [0.15, 0.2) is 89.8 Å². The van der Waals surface area contributed by atoms with Crippen molar-refractivity contribution in [3.8, 4) is 0 Å². The number of nitrogens with one attached hydrogen (secondary N) is 1. The Morgan fingerprint density at radius 1 is 0.969 bits per heavy atom. The summed E-state index contributed by atoms with van der Waals surface area (Å²) in [4.78, 5) is 12.5. The molecule has 3 aromatic carbocycles. The van der Waals surface area contributed by atoms with Crippen LogP contribution < -0.4 is 5.32 Å². The number of rotatable bonds is 6. The van der Waals surface area contributed by atoms with Gasteiger partial charge in [0.2, 0.25) is 0 Å². The Balaban J connectivity index is 1.52. The van der Waals surface area contributed by atoms with Crippen molar-refractivity contribution in [2.75, 3.05) is 5.75 Å². The first kappa shape index (κ1) is 22.0. The maximum absolute atomic E-state index is 13.0. The molecule has 0 saturated heterocycles. The topological polar surface area (TPSA) is 92.7 Å². The molecule has 0 heterocycles. The van der Waals surface area contributed by atoms with Crippen molar-refractivity contribution in [1.82, 2.24) is 5.32 Å². The van der Waals surface area contributed by atoms with E-state index in [1.54, 1.807) is 30.3 Å². The lowest BCUT2D eigenvalue weighted by Crippen LogP contribution is -2.49. The molecule has 6 nitrogen and oxygen atoms in total. The van der Waals surface area contributed by atoms with Crippen LogP contribution in [-0.4, -0.2) is 31.4 Å². The Labute approximate surface area is 187 Å². The first-order valence-corrected chi connectivity index (χ1v) is 12.1. The van der Waals surface area contributed by atoms with Gasteiger partial charge in [-0.25, -0.2) is 13.2 Å². The molecule has 2 atom stereocenters. The van der Waals surface area contributed by atoms with Gasteiger partial charge >= 0.3 is 6.09 Å². The minimum absolute atomic E-state index is 0.0660. The van der Waals surface area contributed by atoms with E-state index < -0.39 is 33.3 Å². The Morgan fingerprint density at radius 2 is 1.59 bits per heavy atom. The smallest absolute Gasteiger partial charge is 0.407 e. The highest BCUT2D eigenvalue weighted by atomic mass is 32.2. The van der Waals surface area contributed by atoms with Gasteiger partial charge in [-0.2, -0.15) is 0 Å². The second-order valence-electron chi connectivity index (χ2n) is 8.07. The lowest BCUT2D eigenvalue weighted by molar-refractivity contribution is 0.0305. The summed E-state index contributed by atoms with van der Waals surface area (Å²) in [6.07, 6.45) is -0.0626. The molecule has 7 heteroatoms. The van der Waals surface area contributed by atoms with Gasteiger partial charge in [0.25, 0.3) is 0 Å². The molecule has 0 radical (unpaired) electrons. The fourth-order valence-corrected chi connectivity index (χ4v) is 5.84. The summed E-state index contributed by atoms with van der Waals surface area (Å²) in [5.74, 6) is -0.474. The third-order valence-electron chi connectivity index (χ3n) is 5.63. The molecule has 0 unspecified atom stereocenters. The zero-order chi connectivity index (χ0) is 22.6. The first-order valence-electron chi connectivity index (χ1n) is 10.4. The quantitative estimate of drug-likeness (QED) is 0.598. The summed E-state index contributed by atoms with van der Waals surface area (Å²) in [5.41, 5.74) is 0.608. The molecule has 0 saturated carbocycles. The summed E-state index contributed by atoms with van der Waals surface area (Å²) in [6, 6.07) is 24.1. The minimum atomic E-state index is -3.75. The molecule has 0 spiro atoms. The van der Waals surface area contributed by atoms with Crippen molar-refractivity contribution in [2.45, 2.75) is 36.0 Å². The molecule has 4 rings (SSSR count). The van der Waals surface area contributed by atoms with Crippen molar-refractivity contribution < 1.29 is 23.1 Å². The van der Waals surface area contributed by atoms with E-state index in [4.69, 9.17) is 4.74 Å². The first-order chi connectivity index (χ1) is 15.4. The number of benzene rings is 3. The van der Waals surface area contributed by atoms with Crippen molar-refractivity contribution in [2.24, 2.45) is 0 Å². The van der Waals surface area contributed by atoms with Gasteiger partial charge in [0, 0.05) is 12.5 Å². The van der Waals surface area contributed by atoms with Crippen LogP contribution in [0.2, 0.25) is 0 Å². The maximum atomic E-state index is 13.0. The Bertz CT molecular complexity index is 1180. The van der Waals surface area contributed by atoms with Crippen LogP contribution in [0.1, 0.15) is 23.1 Å². The van der Waals surface area contributed by atoms with Gasteiger partial charge in [0.05, 0.1) is 10.6 Å². The predicted molar refractivity (Wildman–Crippen MR) is 121 cm³/mol. The average molecular weight is 452 g/mol. The minimum Gasteiger partial charge on any atom is -0.445 e. The second-order valence-corrected chi connectivity index (χ2v) is 10.1. The standard InChI is InChI=1S/C25H25NO5S/c27-24(31-17-19-9-3-1-4-10-19)26-21-15-20-11-7-8-14-23(20)25(28,16-21)18-32(29,30)22-12-5-2-6-13-22/h1-14,21,28H,15-18H2,(H,26,27)/t21-,25-/m0/s1. The van der Waals surface area contributed by atoms with Crippen molar-refractivity contribution >= 4 is 15.9 Å². The SMILES string of the molecule is O=C(N[C@H]1Cc2ccccc2[C@@](O)(CS(=O)(=O)c2ccccc2)C1)OCc1ccccc1. The van der Waals surface area contributed by atoms with E-state index in [-0.39, 0.29) is 17.9 Å². The van der Waals surface area contributed by atoms with E-state index in [0.717, 1.165) is 11.1 Å². The van der Waals surface area contributed by atoms with Crippen molar-refractivity contribution in [3.05, 3.63) is 102 Å². The van der Waals surface area contributed by atoms with E-state index in [1.165, 1.54) is 12.1 Å². The number of hydrogen-bond donors (Lipinski definition) is 2. The normalized spacial score (nSPS) is 20.2. The summed E-state index contributed by atoms with van der Waals surface area (Å²) in [5, 5.41) is 14.3. The monoisotopic (exact) mass is 451 g/mol. The molecule has 1 aliphatic rings. The Hall–Kier alpha value is -3.16. The lowest BCUT2D eigenvalue weighted by atomic mass is 9.78. The number of carbonyl (C=O) groups is 1. The molecule has 1 aliphatic carbocycles. The number of sulfone groups is 1. The lowest BCUT2D eigenvalue weighted by Gasteiger charge is -2.38. The zero-order valence-corrected chi connectivity index (χ0v) is 18.3. The zero-order valence-electron chi connectivity index (χ0n) is 17.5. The van der Waals surface area contributed by atoms with Gasteiger partial charge < -0.3 is 15.2 Å². The fourth-order valence-electron chi connectivity index (χ4n) is 4.20. The highest BCUT2D eigenvalue weighted by Gasteiger charge is 2.43. The van der Waals surface area contributed by atoms with Gasteiger partial charge in [-0.3, -0.25) is 0 Å². The van der Waals surface area contributed by atoms with E-state index in [9.17, 15) is 18.3 Å². The summed E-state index contributed by atoms with van der Waals surface area (Å²) >= 11 is 0. The number of hydrogen-bond acceptors (Lipinski definition) is 5. The number of fused-ring (bicyclic) bond motifs is 1. The molecular weight excluding hydrogens is 426 g/mol. The Kier molecular flexibility index (Phi) is 6.30. The summed E-state index contributed by atoms with van der Waals surface area (Å²) < 4.78 is 31.4. The molecule has 0 fully saturated rings. The third kappa shape index (κ3) is 5.00. The van der Waals surface area contributed by atoms with Crippen molar-refractivity contribution in [1.29, 1.82) is 0 Å². The number of amides is 1. The predicted octanol–water partition coefficient (Wildman–Crippen LogP) is 3.59. The maximum Gasteiger partial charge on any atom is 0.407 e. The van der Waals surface area contributed by atoms with Gasteiger partial charge in [-0.1, -0.05) is 72.8 Å². The van der Waals surface area contributed by atoms with Crippen LogP contribution in [0.25, 0.3) is 0 Å². The molecular formula is C25H25NO5S. The van der Waals surface area contributed by atoms with E-state index in [0.29, 0.717) is 12.0 Å². The van der Waals surface area contributed by atoms with Crippen LogP contribution in [0.4, 0.5) is 4.79 Å². The number of carbonyl (C=O) groups excluding carboxylic acids is 1. The largest absolute Gasteiger partial charge is 0.445 e. The third-order valence-corrected chi connectivity index (χ3v) is 7.48. The van der Waals surface area contributed by atoms with E-state index in [2.05, 4.69) is 5.32 Å². The van der Waals surface area contributed by atoms with Crippen LogP contribution >= 0.6 is 0 Å². The highest BCUT2D eigenvalue weighted by Crippen LogP contribution is 2.37. The molecule has 0 aliphatic heterocycles. The van der Waals surface area contributed by atoms with Gasteiger partial charge in [0.1, 0.15) is 12.2 Å². The number of aliphatic hydroxyl groups is 1. The van der Waals surface area contributed by atoms with Gasteiger partial charge in [-0.05, 0) is 35.2 Å². The Morgan fingerprint density at radius 3 is 2.31 bits per heavy atom. The van der Waals surface area contributed by atoms with E-state index >= 15 is 0 Å². The van der Waals surface area contributed by atoms with Crippen LogP contribution in [-0.2, 0) is 33.2 Å². The highest BCUT2D eigenvalue weighted by molar-refractivity contribution is 7.91. The number of ether oxygens (including phenoxy) is 1. The molecule has 32 heavy (non-hydrogen) atoms. The van der Waals surface area contributed by atoms with Crippen LogP contribution in [0.5, 0.6) is 0 Å². The summed E-state index contributed by atoms with van der Waals surface area (Å²) in [7, 11) is -3.75. The van der Waals surface area contributed by atoms with Gasteiger partial charge in [0.15, 0.2) is 9.84 Å². The fraction of sp³-hybridized carbons (Fsp3) is 0.240. The molecule has 1 amide bonds. The summed E-state index contributed by atoms with van der Waals surface area (Å²) in [6.45, 7) is 0.128. The molecule has 3 aromatic rings. The second kappa shape index (κ2) is 9.14. The average Bonchev–Trinajstić information content (AvgIpc) is 2.78. The van der Waals surface area contributed by atoms with Crippen LogP contribution in [0, 0.1) is 0 Å². The molecule has 166 valence electrons. The van der Waals surface area contributed by atoms with E-state index in [1.807, 2.05) is 42.5 Å². The van der Waals surface area contributed by atoms with Crippen molar-refractivity contribution in [3.63, 3.8) is 0 Å². The molecule has 0 bridgehead atoms. The van der Waals surface area contributed by atoms with Crippen LogP contribution in [0.3, 0.4) is 0 Å². The molecule has 2 N–H and O–H groups in total.